The Hall–Kier alpha value is -1.68. The maximum Gasteiger partial charge on any atom is 0.263 e. The lowest BCUT2D eigenvalue weighted by molar-refractivity contribution is 0.600. The average Bonchev–Trinajstić information content (AvgIpc) is 2.89. The van der Waals surface area contributed by atoms with Gasteiger partial charge in [0.1, 0.15) is 0 Å². The summed E-state index contributed by atoms with van der Waals surface area (Å²) in [6, 6.07) is 8.87. The monoisotopic (exact) mass is 416 g/mol. The lowest BCUT2D eigenvalue weighted by Gasteiger charge is -2.06. The Morgan fingerprint density at radius 1 is 1.04 bits per heavy atom. The number of benzene rings is 2. The lowest BCUT2D eigenvalue weighted by atomic mass is 10.2. The van der Waals surface area contributed by atoms with E-state index in [1.807, 2.05) is 0 Å². The summed E-state index contributed by atoms with van der Waals surface area (Å²) in [7, 11) is -7.16. The number of hydrogen-bond acceptors (Lipinski definition) is 6. The van der Waals surface area contributed by atoms with Crippen LogP contribution in [0.1, 0.15) is 5.56 Å². The van der Waals surface area contributed by atoms with Gasteiger partial charge < -0.3 is 0 Å². The number of thiazole rings is 1. The highest BCUT2D eigenvalue weighted by Gasteiger charge is 2.18. The van der Waals surface area contributed by atoms with Crippen LogP contribution in [0.25, 0.3) is 10.2 Å². The Morgan fingerprint density at radius 3 is 2.36 bits per heavy atom. The van der Waals surface area contributed by atoms with Gasteiger partial charge in [-0.05, 0) is 48.9 Å². The Kier molecular flexibility index (Phi) is 4.52. The maximum atomic E-state index is 12.5. The molecule has 1 N–H and O–H groups in total. The second-order valence-corrected chi connectivity index (χ2v) is 10.6. The smallest absolute Gasteiger partial charge is 0.255 e. The Labute approximate surface area is 154 Å². The molecule has 0 amide bonds. The minimum absolute atomic E-state index is 0.0745. The molecular formula is C15H13ClN2O4S3. The van der Waals surface area contributed by atoms with E-state index in [1.54, 1.807) is 13.0 Å². The van der Waals surface area contributed by atoms with Crippen LogP contribution in [0.2, 0.25) is 5.02 Å². The molecule has 0 atom stereocenters. The quantitative estimate of drug-likeness (QED) is 0.702. The third-order valence-corrected chi connectivity index (χ3v) is 7.38. The standard InChI is InChI=1S/C15H13ClN2O4S3/c1-9-7-11(3-5-12(9)16)25(21,22)18-15-17-13-6-4-10(24(2,19)20)8-14(13)23-15/h3-8H,1-2H3,(H,17,18). The highest BCUT2D eigenvalue weighted by molar-refractivity contribution is 7.93. The van der Waals surface area contributed by atoms with Gasteiger partial charge in [0.2, 0.25) is 0 Å². The van der Waals surface area contributed by atoms with Gasteiger partial charge in [-0.25, -0.2) is 21.8 Å². The van der Waals surface area contributed by atoms with Gasteiger partial charge in [-0.2, -0.15) is 0 Å². The van der Waals surface area contributed by atoms with E-state index in [-0.39, 0.29) is 14.9 Å². The molecule has 2 aromatic carbocycles. The number of hydrogen-bond donors (Lipinski definition) is 1. The molecule has 0 aliphatic heterocycles. The minimum Gasteiger partial charge on any atom is -0.255 e. The van der Waals surface area contributed by atoms with Crippen LogP contribution in [-0.2, 0) is 19.9 Å². The van der Waals surface area contributed by atoms with Crippen LogP contribution in [0.3, 0.4) is 0 Å². The number of aryl methyl sites for hydroxylation is 1. The largest absolute Gasteiger partial charge is 0.263 e. The van der Waals surface area contributed by atoms with E-state index in [0.29, 0.717) is 20.8 Å². The summed E-state index contributed by atoms with van der Waals surface area (Å²) in [5.41, 5.74) is 1.16. The van der Waals surface area contributed by atoms with Gasteiger partial charge in [0.25, 0.3) is 10.0 Å². The van der Waals surface area contributed by atoms with Crippen molar-refractivity contribution in [2.24, 2.45) is 0 Å². The molecule has 0 aliphatic rings. The van der Waals surface area contributed by atoms with Gasteiger partial charge in [0.05, 0.1) is 20.0 Å². The number of sulfone groups is 1. The summed E-state index contributed by atoms with van der Waals surface area (Å²) >= 11 is 6.99. The number of fused-ring (bicyclic) bond motifs is 1. The second kappa shape index (κ2) is 6.24. The second-order valence-electron chi connectivity index (χ2n) is 5.44. The van der Waals surface area contributed by atoms with Crippen LogP contribution in [0.15, 0.2) is 46.2 Å². The summed E-state index contributed by atoms with van der Waals surface area (Å²) in [6.45, 7) is 1.71. The van der Waals surface area contributed by atoms with E-state index in [1.165, 1.54) is 30.3 Å². The van der Waals surface area contributed by atoms with Crippen molar-refractivity contribution in [1.29, 1.82) is 0 Å². The highest BCUT2D eigenvalue weighted by Crippen LogP contribution is 2.30. The third kappa shape index (κ3) is 3.79. The molecule has 0 saturated heterocycles. The van der Waals surface area contributed by atoms with Gasteiger partial charge >= 0.3 is 0 Å². The van der Waals surface area contributed by atoms with E-state index < -0.39 is 19.9 Å². The van der Waals surface area contributed by atoms with Gasteiger partial charge in [0.15, 0.2) is 15.0 Å². The fourth-order valence-corrected chi connectivity index (χ4v) is 5.20. The molecule has 0 saturated carbocycles. The zero-order valence-electron chi connectivity index (χ0n) is 13.1. The molecule has 0 fully saturated rings. The van der Waals surface area contributed by atoms with Crippen LogP contribution < -0.4 is 4.72 Å². The number of anilines is 1. The van der Waals surface area contributed by atoms with Crippen molar-refractivity contribution in [3.8, 4) is 0 Å². The lowest BCUT2D eigenvalue weighted by Crippen LogP contribution is -2.12. The van der Waals surface area contributed by atoms with Gasteiger partial charge in [-0.1, -0.05) is 22.9 Å². The number of sulfonamides is 1. The van der Waals surface area contributed by atoms with Crippen molar-refractivity contribution < 1.29 is 16.8 Å². The fourth-order valence-electron chi connectivity index (χ4n) is 2.14. The number of nitrogens with zero attached hydrogens (tertiary/aromatic N) is 1. The zero-order chi connectivity index (χ0) is 18.4. The van der Waals surface area contributed by atoms with E-state index in [2.05, 4.69) is 9.71 Å². The summed E-state index contributed by atoms with van der Waals surface area (Å²) in [5.74, 6) is 0. The average molecular weight is 417 g/mol. The van der Waals surface area contributed by atoms with Crippen molar-refractivity contribution in [2.45, 2.75) is 16.7 Å². The topological polar surface area (TPSA) is 93.2 Å². The number of aromatic nitrogens is 1. The molecule has 0 bridgehead atoms. The van der Waals surface area contributed by atoms with Crippen molar-refractivity contribution in [2.75, 3.05) is 11.0 Å². The van der Waals surface area contributed by atoms with Crippen molar-refractivity contribution in [1.82, 2.24) is 4.98 Å². The van der Waals surface area contributed by atoms with E-state index in [9.17, 15) is 16.8 Å². The van der Waals surface area contributed by atoms with Crippen molar-refractivity contribution >= 4 is 58.1 Å². The fraction of sp³-hybridized carbons (Fsp3) is 0.133. The Bertz CT molecular complexity index is 1180. The molecule has 0 aliphatic carbocycles. The van der Waals surface area contributed by atoms with E-state index in [0.717, 1.165) is 17.6 Å². The Balaban J connectivity index is 1.98. The SMILES string of the molecule is Cc1cc(S(=O)(=O)Nc2nc3ccc(S(C)(=O)=O)cc3s2)ccc1Cl. The van der Waals surface area contributed by atoms with Crippen LogP contribution >= 0.6 is 22.9 Å². The predicted octanol–water partition coefficient (Wildman–Crippen LogP) is 3.46. The number of halogens is 1. The van der Waals surface area contributed by atoms with E-state index in [4.69, 9.17) is 11.6 Å². The molecule has 10 heteroatoms. The summed E-state index contributed by atoms with van der Waals surface area (Å²) in [5, 5.41) is 0.639. The molecule has 1 aromatic heterocycles. The first-order chi connectivity index (χ1) is 11.6. The molecule has 0 radical (unpaired) electrons. The molecule has 25 heavy (non-hydrogen) atoms. The molecule has 3 rings (SSSR count). The van der Waals surface area contributed by atoms with Crippen LogP contribution in [0.5, 0.6) is 0 Å². The molecule has 132 valence electrons. The minimum atomic E-state index is -3.82. The normalized spacial score (nSPS) is 12.4. The van der Waals surface area contributed by atoms with E-state index >= 15 is 0 Å². The van der Waals surface area contributed by atoms with Gasteiger partial charge in [0, 0.05) is 11.3 Å². The number of rotatable bonds is 4. The summed E-state index contributed by atoms with van der Waals surface area (Å²) in [6.07, 6.45) is 1.11. The van der Waals surface area contributed by atoms with Crippen molar-refractivity contribution in [3.05, 3.63) is 47.0 Å². The highest BCUT2D eigenvalue weighted by atomic mass is 35.5. The molecule has 3 aromatic rings. The molecule has 0 unspecified atom stereocenters. The first-order valence-electron chi connectivity index (χ1n) is 6.96. The molecular weight excluding hydrogens is 404 g/mol. The first-order valence-corrected chi connectivity index (χ1v) is 11.5. The summed E-state index contributed by atoms with van der Waals surface area (Å²) in [4.78, 5) is 4.43. The first kappa shape index (κ1) is 18.1. The van der Waals surface area contributed by atoms with Crippen LogP contribution in [-0.4, -0.2) is 28.1 Å². The Morgan fingerprint density at radius 2 is 1.72 bits per heavy atom. The third-order valence-electron chi connectivity index (χ3n) is 3.45. The predicted molar refractivity (Wildman–Crippen MR) is 99.7 cm³/mol. The molecule has 1 heterocycles. The maximum absolute atomic E-state index is 12.5. The van der Waals surface area contributed by atoms with Gasteiger partial charge in [-0.15, -0.1) is 0 Å². The number of nitrogens with one attached hydrogen (secondary N) is 1. The molecule has 0 spiro atoms. The van der Waals surface area contributed by atoms with Crippen LogP contribution in [0, 0.1) is 6.92 Å². The van der Waals surface area contributed by atoms with Crippen LogP contribution in [0.4, 0.5) is 5.13 Å². The van der Waals surface area contributed by atoms with Gasteiger partial charge in [-0.3, -0.25) is 4.72 Å². The molecule has 6 nitrogen and oxygen atoms in total. The summed E-state index contributed by atoms with van der Waals surface area (Å²) < 4.78 is 51.2. The zero-order valence-corrected chi connectivity index (χ0v) is 16.4. The van der Waals surface area contributed by atoms with Crippen molar-refractivity contribution in [3.63, 3.8) is 0 Å².